The number of methoxy groups -OCH3 is 1. The lowest BCUT2D eigenvalue weighted by molar-refractivity contribution is 0.0678. The van der Waals surface area contributed by atoms with E-state index in [-0.39, 0.29) is 41.3 Å². The highest BCUT2D eigenvalue weighted by Crippen LogP contribution is 2.32. The van der Waals surface area contributed by atoms with Crippen LogP contribution in [0.1, 0.15) is 23.2 Å². The molecule has 4 N–H and O–H groups in total. The Morgan fingerprint density at radius 1 is 1.58 bits per heavy atom. The number of phenolic OH excluding ortho intramolecular Hbond substituents is 1. The Morgan fingerprint density at radius 2 is 2.32 bits per heavy atom. The second-order valence-electron chi connectivity index (χ2n) is 4.59. The molecule has 1 aromatic carbocycles. The first-order chi connectivity index (χ1) is 9.08. The molecule has 19 heavy (non-hydrogen) atoms. The second-order valence-corrected chi connectivity index (χ2v) is 4.59. The number of hydrogen-bond donors (Lipinski definition) is 3. The number of aliphatic hydroxyl groups excluding tert-OH is 1. The molecule has 1 atom stereocenters. The molecule has 2 rings (SSSR count). The Balaban J connectivity index is 2.33. The molecule has 1 aliphatic heterocycles. The molecule has 0 saturated carbocycles. The molecule has 1 aliphatic rings. The summed E-state index contributed by atoms with van der Waals surface area (Å²) in [5.74, 6) is -0.138. The number of anilines is 1. The van der Waals surface area contributed by atoms with E-state index >= 15 is 0 Å². The van der Waals surface area contributed by atoms with Crippen LogP contribution in [0, 0.1) is 0 Å². The van der Waals surface area contributed by atoms with Crippen LogP contribution in [0.15, 0.2) is 12.1 Å². The van der Waals surface area contributed by atoms with E-state index in [9.17, 15) is 15.0 Å². The lowest BCUT2D eigenvalue weighted by Gasteiger charge is -2.24. The van der Waals surface area contributed by atoms with Crippen molar-refractivity contribution in [1.29, 1.82) is 0 Å². The van der Waals surface area contributed by atoms with E-state index in [1.807, 2.05) is 0 Å². The van der Waals surface area contributed by atoms with E-state index in [0.29, 0.717) is 6.54 Å². The monoisotopic (exact) mass is 266 g/mol. The van der Waals surface area contributed by atoms with Crippen molar-refractivity contribution in [1.82, 2.24) is 4.90 Å². The average Bonchev–Trinajstić information content (AvgIpc) is 2.86. The summed E-state index contributed by atoms with van der Waals surface area (Å²) in [5, 5.41) is 18.8. The first-order valence-corrected chi connectivity index (χ1v) is 6.16. The quantitative estimate of drug-likeness (QED) is 0.695. The molecule has 0 unspecified atom stereocenters. The SMILES string of the molecule is COc1cc(C(=O)N2CCC[C@H]2CO)c(N)cc1O. The third-order valence-corrected chi connectivity index (χ3v) is 3.43. The average molecular weight is 266 g/mol. The van der Waals surface area contributed by atoms with Gasteiger partial charge in [0, 0.05) is 18.3 Å². The molecule has 6 nitrogen and oxygen atoms in total. The van der Waals surface area contributed by atoms with E-state index in [4.69, 9.17) is 10.5 Å². The van der Waals surface area contributed by atoms with Crippen LogP contribution < -0.4 is 10.5 Å². The summed E-state index contributed by atoms with van der Waals surface area (Å²) in [7, 11) is 1.41. The summed E-state index contributed by atoms with van der Waals surface area (Å²) in [6.45, 7) is 0.549. The number of nitrogens with two attached hydrogens (primary N) is 1. The van der Waals surface area contributed by atoms with Gasteiger partial charge in [0.05, 0.1) is 25.3 Å². The number of aromatic hydroxyl groups is 1. The van der Waals surface area contributed by atoms with Gasteiger partial charge in [-0.25, -0.2) is 0 Å². The molecule has 1 heterocycles. The number of benzene rings is 1. The predicted molar refractivity (Wildman–Crippen MR) is 70.2 cm³/mol. The zero-order chi connectivity index (χ0) is 14.0. The molecular formula is C13H18N2O4. The highest BCUT2D eigenvalue weighted by molar-refractivity contribution is 6.00. The van der Waals surface area contributed by atoms with Crippen LogP contribution in [0.5, 0.6) is 11.5 Å². The molecule has 0 spiro atoms. The minimum Gasteiger partial charge on any atom is -0.504 e. The summed E-state index contributed by atoms with van der Waals surface area (Å²) in [6.07, 6.45) is 1.66. The maximum Gasteiger partial charge on any atom is 0.256 e. The van der Waals surface area contributed by atoms with Gasteiger partial charge in [0.15, 0.2) is 11.5 Å². The topological polar surface area (TPSA) is 96.0 Å². The number of aliphatic hydroxyl groups is 1. The third kappa shape index (κ3) is 2.44. The number of carbonyl (C=O) groups is 1. The van der Waals surface area contributed by atoms with Gasteiger partial charge in [0.1, 0.15) is 0 Å². The number of ether oxygens (including phenoxy) is 1. The Morgan fingerprint density at radius 3 is 2.95 bits per heavy atom. The standard InChI is InChI=1S/C13H18N2O4/c1-19-12-5-9(10(14)6-11(12)17)13(18)15-4-2-3-8(15)7-16/h5-6,8,16-17H,2-4,7,14H2,1H3/t8-/m0/s1. The Kier molecular flexibility index (Phi) is 3.80. The van der Waals surface area contributed by atoms with Crippen molar-refractivity contribution in [2.75, 3.05) is 26.0 Å². The summed E-state index contributed by atoms with van der Waals surface area (Å²) < 4.78 is 4.98. The normalized spacial score (nSPS) is 18.6. The van der Waals surface area contributed by atoms with Gasteiger partial charge < -0.3 is 25.6 Å². The summed E-state index contributed by atoms with van der Waals surface area (Å²) in [6, 6.07) is 2.57. The van der Waals surface area contributed by atoms with Gasteiger partial charge in [-0.05, 0) is 18.9 Å². The van der Waals surface area contributed by atoms with Crippen LogP contribution in [-0.4, -0.2) is 47.3 Å². The first kappa shape index (κ1) is 13.5. The fourth-order valence-corrected chi connectivity index (χ4v) is 2.38. The molecule has 1 amide bonds. The number of hydrogen-bond acceptors (Lipinski definition) is 5. The summed E-state index contributed by atoms with van der Waals surface area (Å²) in [5.41, 5.74) is 6.26. The molecule has 0 aliphatic carbocycles. The number of carbonyl (C=O) groups excluding carboxylic acids is 1. The van der Waals surface area contributed by atoms with Gasteiger partial charge in [0.2, 0.25) is 0 Å². The fraction of sp³-hybridized carbons (Fsp3) is 0.462. The minimum absolute atomic E-state index is 0.0547. The van der Waals surface area contributed by atoms with Gasteiger partial charge in [-0.2, -0.15) is 0 Å². The highest BCUT2D eigenvalue weighted by Gasteiger charge is 2.30. The van der Waals surface area contributed by atoms with Crippen LogP contribution >= 0.6 is 0 Å². The largest absolute Gasteiger partial charge is 0.504 e. The minimum atomic E-state index is -0.243. The molecule has 1 aromatic rings. The second kappa shape index (κ2) is 5.36. The third-order valence-electron chi connectivity index (χ3n) is 3.43. The Labute approximate surface area is 111 Å². The van der Waals surface area contributed by atoms with Crippen LogP contribution in [0.4, 0.5) is 5.69 Å². The predicted octanol–water partition coefficient (Wildman–Crippen LogP) is 0.580. The van der Waals surface area contributed by atoms with E-state index in [1.54, 1.807) is 4.90 Å². The van der Waals surface area contributed by atoms with Crippen molar-refractivity contribution in [3.05, 3.63) is 17.7 Å². The Bertz CT molecular complexity index is 490. The number of likely N-dealkylation sites (tertiary alicyclic amines) is 1. The van der Waals surface area contributed by atoms with E-state index in [2.05, 4.69) is 0 Å². The maximum absolute atomic E-state index is 12.4. The van der Waals surface area contributed by atoms with Crippen molar-refractivity contribution in [3.8, 4) is 11.5 Å². The van der Waals surface area contributed by atoms with Crippen molar-refractivity contribution in [3.63, 3.8) is 0 Å². The number of nitrogens with zero attached hydrogens (tertiary/aromatic N) is 1. The Hall–Kier alpha value is -1.95. The molecule has 1 fully saturated rings. The smallest absolute Gasteiger partial charge is 0.256 e. The molecule has 1 saturated heterocycles. The fourth-order valence-electron chi connectivity index (χ4n) is 2.38. The number of rotatable bonds is 3. The number of phenols is 1. The molecule has 0 aromatic heterocycles. The molecule has 104 valence electrons. The van der Waals surface area contributed by atoms with E-state index in [0.717, 1.165) is 12.8 Å². The van der Waals surface area contributed by atoms with Crippen molar-refractivity contribution < 1.29 is 19.7 Å². The number of nitrogen functional groups attached to an aromatic ring is 1. The molecule has 0 bridgehead atoms. The van der Waals surface area contributed by atoms with Crippen LogP contribution in [-0.2, 0) is 0 Å². The van der Waals surface area contributed by atoms with Gasteiger partial charge >= 0.3 is 0 Å². The lowest BCUT2D eigenvalue weighted by atomic mass is 10.1. The maximum atomic E-state index is 12.4. The van der Waals surface area contributed by atoms with Crippen molar-refractivity contribution in [2.45, 2.75) is 18.9 Å². The van der Waals surface area contributed by atoms with Crippen LogP contribution in [0.2, 0.25) is 0 Å². The summed E-state index contributed by atoms with van der Waals surface area (Å²) >= 11 is 0. The number of amides is 1. The zero-order valence-electron chi connectivity index (χ0n) is 10.8. The first-order valence-electron chi connectivity index (χ1n) is 6.16. The highest BCUT2D eigenvalue weighted by atomic mass is 16.5. The van der Waals surface area contributed by atoms with Gasteiger partial charge in [-0.3, -0.25) is 4.79 Å². The van der Waals surface area contributed by atoms with Crippen LogP contribution in [0.25, 0.3) is 0 Å². The summed E-state index contributed by atoms with van der Waals surface area (Å²) in [4.78, 5) is 14.0. The van der Waals surface area contributed by atoms with Gasteiger partial charge in [-0.15, -0.1) is 0 Å². The van der Waals surface area contributed by atoms with E-state index in [1.165, 1.54) is 19.2 Å². The molecule has 6 heteroatoms. The van der Waals surface area contributed by atoms with Gasteiger partial charge in [0.25, 0.3) is 5.91 Å². The molecule has 0 radical (unpaired) electrons. The van der Waals surface area contributed by atoms with Crippen molar-refractivity contribution >= 4 is 11.6 Å². The lowest BCUT2D eigenvalue weighted by Crippen LogP contribution is -2.37. The van der Waals surface area contributed by atoms with Gasteiger partial charge in [-0.1, -0.05) is 0 Å². The molecular weight excluding hydrogens is 248 g/mol. The van der Waals surface area contributed by atoms with E-state index < -0.39 is 0 Å². The van der Waals surface area contributed by atoms with Crippen molar-refractivity contribution in [2.24, 2.45) is 0 Å². The zero-order valence-corrected chi connectivity index (χ0v) is 10.8. The van der Waals surface area contributed by atoms with Crippen LogP contribution in [0.3, 0.4) is 0 Å².